The summed E-state index contributed by atoms with van der Waals surface area (Å²) in [6.45, 7) is 0.958. The first-order valence-electron chi connectivity index (χ1n) is 3.16. The molecule has 0 aliphatic carbocycles. The SMILES string of the molecule is CC1=NOCC(C(N)=O)S1(=O)=O. The van der Waals surface area contributed by atoms with Gasteiger partial charge >= 0.3 is 0 Å². The molecule has 1 atom stereocenters. The van der Waals surface area contributed by atoms with Crippen LogP contribution in [0.25, 0.3) is 0 Å². The Bertz CT molecular complexity index is 331. The first kappa shape index (κ1) is 8.98. The van der Waals surface area contributed by atoms with Gasteiger partial charge < -0.3 is 10.6 Å². The van der Waals surface area contributed by atoms with E-state index in [1.807, 2.05) is 0 Å². The molecular formula is C5H8N2O4S. The summed E-state index contributed by atoms with van der Waals surface area (Å²) in [5.74, 6) is -0.913. The van der Waals surface area contributed by atoms with Crippen LogP contribution >= 0.6 is 0 Å². The van der Waals surface area contributed by atoms with Crippen molar-refractivity contribution in [2.45, 2.75) is 12.2 Å². The summed E-state index contributed by atoms with van der Waals surface area (Å²) >= 11 is 0. The molecule has 0 radical (unpaired) electrons. The number of carbonyl (C=O) groups is 1. The Labute approximate surface area is 69.3 Å². The highest BCUT2D eigenvalue weighted by Crippen LogP contribution is 2.11. The minimum Gasteiger partial charge on any atom is -0.393 e. The van der Waals surface area contributed by atoms with E-state index in [0.29, 0.717) is 0 Å². The zero-order chi connectivity index (χ0) is 9.35. The molecule has 6 nitrogen and oxygen atoms in total. The van der Waals surface area contributed by atoms with Gasteiger partial charge in [0.25, 0.3) is 0 Å². The van der Waals surface area contributed by atoms with E-state index in [2.05, 4.69) is 9.99 Å². The van der Waals surface area contributed by atoms with Crippen molar-refractivity contribution < 1.29 is 18.0 Å². The minimum atomic E-state index is -3.65. The third-order valence-electron chi connectivity index (χ3n) is 1.52. The van der Waals surface area contributed by atoms with E-state index in [1.165, 1.54) is 6.92 Å². The monoisotopic (exact) mass is 192 g/mol. The molecule has 0 aromatic heterocycles. The zero-order valence-electron chi connectivity index (χ0n) is 6.35. The number of hydrogen-bond donors (Lipinski definition) is 1. The Morgan fingerprint density at radius 3 is 2.75 bits per heavy atom. The highest BCUT2D eigenvalue weighted by atomic mass is 32.2. The molecule has 0 saturated carbocycles. The lowest BCUT2D eigenvalue weighted by atomic mass is 10.4. The van der Waals surface area contributed by atoms with Gasteiger partial charge in [0.1, 0.15) is 6.61 Å². The van der Waals surface area contributed by atoms with Gasteiger partial charge in [-0.15, -0.1) is 0 Å². The molecule has 0 fully saturated rings. The number of amides is 1. The van der Waals surface area contributed by atoms with E-state index in [-0.39, 0.29) is 11.7 Å². The van der Waals surface area contributed by atoms with Gasteiger partial charge in [0, 0.05) is 0 Å². The van der Waals surface area contributed by atoms with Gasteiger partial charge in [0.15, 0.2) is 10.3 Å². The second kappa shape index (κ2) is 2.74. The summed E-state index contributed by atoms with van der Waals surface area (Å²) in [6, 6.07) is 0. The van der Waals surface area contributed by atoms with Crippen LogP contribution in [0.15, 0.2) is 5.16 Å². The summed E-state index contributed by atoms with van der Waals surface area (Å²) in [4.78, 5) is 15.1. The van der Waals surface area contributed by atoms with Crippen molar-refractivity contribution in [1.82, 2.24) is 0 Å². The number of hydrogen-bond acceptors (Lipinski definition) is 5. The molecule has 0 spiro atoms. The molecule has 68 valence electrons. The van der Waals surface area contributed by atoms with Crippen LogP contribution < -0.4 is 5.73 Å². The van der Waals surface area contributed by atoms with E-state index < -0.39 is 21.0 Å². The van der Waals surface area contributed by atoms with Crippen molar-refractivity contribution in [3.63, 3.8) is 0 Å². The third kappa shape index (κ3) is 1.27. The summed E-state index contributed by atoms with van der Waals surface area (Å²) in [5.41, 5.74) is 4.85. The van der Waals surface area contributed by atoms with Gasteiger partial charge in [0.05, 0.1) is 0 Å². The van der Waals surface area contributed by atoms with Crippen LogP contribution in [0.5, 0.6) is 0 Å². The van der Waals surface area contributed by atoms with Gasteiger partial charge in [-0.1, -0.05) is 5.16 Å². The van der Waals surface area contributed by atoms with Crippen LogP contribution in [0, 0.1) is 0 Å². The molecule has 7 heteroatoms. The van der Waals surface area contributed by atoms with E-state index in [9.17, 15) is 13.2 Å². The normalized spacial score (nSPS) is 27.1. The van der Waals surface area contributed by atoms with E-state index in [0.717, 1.165) is 0 Å². The van der Waals surface area contributed by atoms with Gasteiger partial charge in [-0.05, 0) is 6.92 Å². The molecule has 0 bridgehead atoms. The second-order valence-electron chi connectivity index (χ2n) is 2.34. The first-order valence-corrected chi connectivity index (χ1v) is 4.70. The molecule has 1 rings (SSSR count). The van der Waals surface area contributed by atoms with Crippen molar-refractivity contribution >= 4 is 20.8 Å². The summed E-state index contributed by atoms with van der Waals surface area (Å²) in [7, 11) is -3.65. The number of primary amides is 1. The van der Waals surface area contributed by atoms with Crippen molar-refractivity contribution in [2.75, 3.05) is 6.61 Å². The second-order valence-corrected chi connectivity index (χ2v) is 4.59. The van der Waals surface area contributed by atoms with Crippen LogP contribution in [-0.4, -0.2) is 31.2 Å². The van der Waals surface area contributed by atoms with Crippen LogP contribution in [0.1, 0.15) is 6.92 Å². The number of rotatable bonds is 1. The average Bonchev–Trinajstić information content (AvgIpc) is 1.94. The zero-order valence-corrected chi connectivity index (χ0v) is 7.17. The number of carbonyl (C=O) groups excluding carboxylic acids is 1. The molecule has 1 aliphatic heterocycles. The summed E-state index contributed by atoms with van der Waals surface area (Å²) in [6.07, 6.45) is 0. The lowest BCUT2D eigenvalue weighted by Crippen LogP contribution is -2.44. The smallest absolute Gasteiger partial charge is 0.239 e. The molecule has 1 amide bonds. The van der Waals surface area contributed by atoms with E-state index >= 15 is 0 Å². The van der Waals surface area contributed by atoms with Crippen LogP contribution in [0.3, 0.4) is 0 Å². The van der Waals surface area contributed by atoms with Crippen molar-refractivity contribution in [2.24, 2.45) is 10.9 Å². The van der Waals surface area contributed by atoms with Crippen LogP contribution in [0.4, 0.5) is 0 Å². The van der Waals surface area contributed by atoms with Gasteiger partial charge in [0.2, 0.25) is 15.7 Å². The molecular weight excluding hydrogens is 184 g/mol. The molecule has 0 aromatic carbocycles. The molecule has 1 heterocycles. The van der Waals surface area contributed by atoms with E-state index in [4.69, 9.17) is 5.73 Å². The van der Waals surface area contributed by atoms with Gasteiger partial charge in [-0.3, -0.25) is 4.79 Å². The lowest BCUT2D eigenvalue weighted by molar-refractivity contribution is -0.118. The average molecular weight is 192 g/mol. The van der Waals surface area contributed by atoms with Crippen molar-refractivity contribution in [3.05, 3.63) is 0 Å². The fourth-order valence-corrected chi connectivity index (χ4v) is 1.89. The maximum absolute atomic E-state index is 11.2. The first-order chi connectivity index (χ1) is 5.46. The maximum Gasteiger partial charge on any atom is 0.239 e. The number of sulfone groups is 1. The molecule has 12 heavy (non-hydrogen) atoms. The predicted molar refractivity (Wildman–Crippen MR) is 41.0 cm³/mol. The topological polar surface area (TPSA) is 98.8 Å². The fraction of sp³-hybridized carbons (Fsp3) is 0.600. The largest absolute Gasteiger partial charge is 0.393 e. The highest BCUT2D eigenvalue weighted by Gasteiger charge is 2.37. The Hall–Kier alpha value is -1.11. The Balaban J connectivity index is 3.11. The number of nitrogens with zero attached hydrogens (tertiary/aromatic N) is 1. The Morgan fingerprint density at radius 2 is 2.33 bits per heavy atom. The molecule has 0 aromatic rings. The maximum atomic E-state index is 11.2. The van der Waals surface area contributed by atoms with Crippen molar-refractivity contribution in [1.29, 1.82) is 0 Å². The van der Waals surface area contributed by atoms with Gasteiger partial charge in [-0.25, -0.2) is 8.42 Å². The highest BCUT2D eigenvalue weighted by molar-refractivity contribution is 8.07. The molecule has 1 unspecified atom stereocenters. The number of oxime groups is 1. The molecule has 0 saturated heterocycles. The van der Waals surface area contributed by atoms with Gasteiger partial charge in [-0.2, -0.15) is 0 Å². The minimum absolute atomic E-state index is 0.211. The fourth-order valence-electron chi connectivity index (χ4n) is 0.778. The Kier molecular flexibility index (Phi) is 2.05. The van der Waals surface area contributed by atoms with E-state index in [1.54, 1.807) is 0 Å². The Morgan fingerprint density at radius 1 is 1.75 bits per heavy atom. The standard InChI is InChI=1S/C5H8N2O4S/c1-3-7-11-2-4(5(6)8)12(3,9)10/h4H,2H2,1H3,(H2,6,8). The van der Waals surface area contributed by atoms with Crippen molar-refractivity contribution in [3.8, 4) is 0 Å². The third-order valence-corrected chi connectivity index (χ3v) is 3.54. The quantitative estimate of drug-likeness (QED) is 0.553. The number of nitrogens with two attached hydrogens (primary N) is 1. The summed E-state index contributed by atoms with van der Waals surface area (Å²) < 4.78 is 22.5. The molecule has 2 N–H and O–H groups in total. The predicted octanol–water partition coefficient (Wildman–Crippen LogP) is -1.38. The van der Waals surface area contributed by atoms with Crippen LogP contribution in [-0.2, 0) is 19.5 Å². The van der Waals surface area contributed by atoms with Crippen LogP contribution in [0.2, 0.25) is 0 Å². The summed E-state index contributed by atoms with van der Waals surface area (Å²) in [5, 5.41) is 1.73. The lowest BCUT2D eigenvalue weighted by Gasteiger charge is -2.16. The molecule has 1 aliphatic rings.